The minimum Gasteiger partial charge on any atom is -0.326 e. The molecule has 4 N–H and O–H groups in total. The molecule has 5 heterocycles. The van der Waals surface area contributed by atoms with Crippen LogP contribution < -0.4 is 15.5 Å². The monoisotopic (exact) mass is 472 g/mol. The first-order valence-corrected chi connectivity index (χ1v) is 12.4. The van der Waals surface area contributed by atoms with E-state index in [0.717, 1.165) is 29.3 Å². The maximum atomic E-state index is 13.5. The average molecular weight is 473 g/mol. The number of amides is 1. The molecule has 11 nitrogen and oxygen atoms in total. The molecule has 11 heteroatoms. The molecular formula is C24H28N10O. The Kier molecular flexibility index (Phi) is 4.42. The fourth-order valence-electron chi connectivity index (χ4n) is 5.02. The summed E-state index contributed by atoms with van der Waals surface area (Å²) in [5, 5.41) is 21.3. The lowest BCUT2D eigenvalue weighted by Crippen LogP contribution is -2.51. The number of hydrogen-bond acceptors (Lipinski definition) is 7. The van der Waals surface area contributed by atoms with E-state index in [4.69, 9.17) is 9.97 Å². The van der Waals surface area contributed by atoms with Gasteiger partial charge in [0.25, 0.3) is 5.91 Å². The topological polar surface area (TPSA) is 132 Å². The Bertz CT molecular complexity index is 1410. The maximum Gasteiger partial charge on any atom is 0.251 e. The van der Waals surface area contributed by atoms with Crippen LogP contribution in [0.5, 0.6) is 0 Å². The molecular weight excluding hydrogens is 444 g/mol. The Morgan fingerprint density at radius 2 is 1.77 bits per heavy atom. The van der Waals surface area contributed by atoms with Crippen molar-refractivity contribution in [2.45, 2.75) is 62.8 Å². The third-order valence-electron chi connectivity index (χ3n) is 7.46. The standard InChI is InChI=1S/C24H28N10O/c1-24(21(35)25-18-12-16(29-31-18)14-5-6-14)9-3-11-34(24)23-27-20-4-2-10-33(20)22(28-23)26-19-13-17(30-32-19)15-7-8-15/h2,4,10,12-15H,3,5-9,11H2,1H3,(H2,25,29,31,35)(H2,26,27,28,30,32)/t24-/m0/s1. The highest BCUT2D eigenvalue weighted by molar-refractivity contribution is 5.99. The van der Waals surface area contributed by atoms with Gasteiger partial charge in [-0.25, -0.2) is 0 Å². The lowest BCUT2D eigenvalue weighted by molar-refractivity contribution is -0.120. The predicted octanol–water partition coefficient (Wildman–Crippen LogP) is 3.67. The van der Waals surface area contributed by atoms with E-state index >= 15 is 0 Å². The second kappa shape index (κ2) is 7.56. The van der Waals surface area contributed by atoms with Gasteiger partial charge in [-0.15, -0.1) is 0 Å². The van der Waals surface area contributed by atoms with Crippen LogP contribution in [0, 0.1) is 0 Å². The minimum absolute atomic E-state index is 0.0985. The summed E-state index contributed by atoms with van der Waals surface area (Å²) >= 11 is 0. The van der Waals surface area contributed by atoms with Crippen molar-refractivity contribution in [1.29, 1.82) is 0 Å². The zero-order valence-corrected chi connectivity index (χ0v) is 19.6. The zero-order chi connectivity index (χ0) is 23.6. The number of carbonyl (C=O) groups excluding carboxylic acids is 1. The van der Waals surface area contributed by atoms with E-state index in [1.165, 1.54) is 25.7 Å². The number of rotatable bonds is 7. The number of fused-ring (bicyclic) bond motifs is 1. The fraction of sp³-hybridized carbons (Fsp3) is 0.458. The van der Waals surface area contributed by atoms with Gasteiger partial charge in [-0.1, -0.05) is 0 Å². The Morgan fingerprint density at radius 1 is 1.06 bits per heavy atom. The largest absolute Gasteiger partial charge is 0.326 e. The minimum atomic E-state index is -0.785. The zero-order valence-electron chi connectivity index (χ0n) is 19.6. The molecule has 1 saturated heterocycles. The third-order valence-corrected chi connectivity index (χ3v) is 7.46. The van der Waals surface area contributed by atoms with Crippen molar-refractivity contribution < 1.29 is 4.79 Å². The summed E-state index contributed by atoms with van der Waals surface area (Å²) in [5.41, 5.74) is 2.21. The second-order valence-electron chi connectivity index (χ2n) is 10.2. The molecule has 180 valence electrons. The molecule has 2 saturated carbocycles. The van der Waals surface area contributed by atoms with Crippen molar-refractivity contribution in [3.8, 4) is 0 Å². The quantitative estimate of drug-likeness (QED) is 0.323. The van der Waals surface area contributed by atoms with Crippen LogP contribution in [0.4, 0.5) is 23.5 Å². The Hall–Kier alpha value is -3.89. The molecule has 0 spiro atoms. The first-order chi connectivity index (χ1) is 17.1. The number of hydrogen-bond donors (Lipinski definition) is 4. The Labute approximate surface area is 201 Å². The molecule has 3 aliphatic rings. The average Bonchev–Trinajstić information content (AvgIpc) is 3.66. The Balaban J connectivity index is 1.17. The van der Waals surface area contributed by atoms with Crippen molar-refractivity contribution in [1.82, 2.24) is 34.8 Å². The van der Waals surface area contributed by atoms with Gasteiger partial charge in [0.15, 0.2) is 11.6 Å². The summed E-state index contributed by atoms with van der Waals surface area (Å²) in [4.78, 5) is 25.1. The Morgan fingerprint density at radius 3 is 2.51 bits per heavy atom. The molecule has 0 aromatic carbocycles. The van der Waals surface area contributed by atoms with E-state index in [1.54, 1.807) is 0 Å². The van der Waals surface area contributed by atoms with Gasteiger partial charge < -0.3 is 15.5 Å². The number of aromatic nitrogens is 7. The molecule has 4 aromatic rings. The molecule has 1 amide bonds. The van der Waals surface area contributed by atoms with Crippen LogP contribution in [0.15, 0.2) is 30.5 Å². The van der Waals surface area contributed by atoms with E-state index in [-0.39, 0.29) is 5.91 Å². The van der Waals surface area contributed by atoms with Crippen molar-refractivity contribution in [2.75, 3.05) is 22.1 Å². The van der Waals surface area contributed by atoms with E-state index in [9.17, 15) is 4.79 Å². The highest BCUT2D eigenvalue weighted by Crippen LogP contribution is 2.41. The summed E-state index contributed by atoms with van der Waals surface area (Å²) in [5.74, 6) is 3.46. The van der Waals surface area contributed by atoms with E-state index in [2.05, 4.69) is 31.0 Å². The summed E-state index contributed by atoms with van der Waals surface area (Å²) in [6.45, 7) is 2.65. The molecule has 4 aromatic heterocycles. The number of carbonyl (C=O) groups is 1. The second-order valence-corrected chi connectivity index (χ2v) is 10.2. The molecule has 7 rings (SSSR count). The van der Waals surface area contributed by atoms with Crippen molar-refractivity contribution >= 4 is 35.1 Å². The number of aromatic amines is 2. The smallest absolute Gasteiger partial charge is 0.251 e. The normalized spacial score (nSPS) is 22.1. The first kappa shape index (κ1) is 20.5. The number of anilines is 4. The van der Waals surface area contributed by atoms with Gasteiger partial charge in [0.1, 0.15) is 11.2 Å². The van der Waals surface area contributed by atoms with Gasteiger partial charge >= 0.3 is 0 Å². The number of H-pyrrole nitrogens is 2. The van der Waals surface area contributed by atoms with Crippen LogP contribution in [0.1, 0.15) is 68.7 Å². The highest BCUT2D eigenvalue weighted by atomic mass is 16.2. The summed E-state index contributed by atoms with van der Waals surface area (Å²) in [6.07, 6.45) is 8.27. The van der Waals surface area contributed by atoms with E-state index in [0.29, 0.717) is 42.5 Å². The van der Waals surface area contributed by atoms with Crippen molar-refractivity contribution in [3.63, 3.8) is 0 Å². The molecule has 0 radical (unpaired) electrons. The molecule has 3 fully saturated rings. The van der Waals surface area contributed by atoms with Crippen molar-refractivity contribution in [2.24, 2.45) is 0 Å². The van der Waals surface area contributed by atoms with Crippen LogP contribution in [0.25, 0.3) is 5.65 Å². The highest BCUT2D eigenvalue weighted by Gasteiger charge is 2.45. The summed E-state index contributed by atoms with van der Waals surface area (Å²) in [7, 11) is 0. The van der Waals surface area contributed by atoms with Crippen LogP contribution in [-0.4, -0.2) is 52.8 Å². The molecule has 1 atom stereocenters. The molecule has 0 unspecified atom stereocenters. The van der Waals surface area contributed by atoms with Gasteiger partial charge in [-0.2, -0.15) is 20.2 Å². The first-order valence-electron chi connectivity index (χ1n) is 12.4. The molecule has 2 aliphatic carbocycles. The van der Waals surface area contributed by atoms with Gasteiger partial charge in [-0.05, 0) is 57.6 Å². The van der Waals surface area contributed by atoms with Gasteiger partial charge in [-0.3, -0.25) is 19.4 Å². The van der Waals surface area contributed by atoms with E-state index in [1.807, 2.05) is 46.7 Å². The van der Waals surface area contributed by atoms with Crippen LogP contribution >= 0.6 is 0 Å². The molecule has 35 heavy (non-hydrogen) atoms. The fourth-order valence-corrected chi connectivity index (χ4v) is 5.02. The van der Waals surface area contributed by atoms with Crippen molar-refractivity contribution in [3.05, 3.63) is 41.9 Å². The van der Waals surface area contributed by atoms with Gasteiger partial charge in [0, 0.05) is 48.1 Å². The third kappa shape index (κ3) is 3.62. The SMILES string of the molecule is C[C@@]1(C(=O)Nc2cc(C3CC3)[nH]n2)CCCN1c1nc(Nc2cc(C3CC3)[nH]n2)n2cccc2n1. The molecule has 0 bridgehead atoms. The number of nitrogens with one attached hydrogen (secondary N) is 4. The predicted molar refractivity (Wildman–Crippen MR) is 131 cm³/mol. The lowest BCUT2D eigenvalue weighted by Gasteiger charge is -2.33. The van der Waals surface area contributed by atoms with E-state index < -0.39 is 5.54 Å². The van der Waals surface area contributed by atoms with Crippen LogP contribution in [0.2, 0.25) is 0 Å². The molecule has 1 aliphatic heterocycles. The lowest BCUT2D eigenvalue weighted by atomic mass is 9.98. The van der Waals surface area contributed by atoms with Gasteiger partial charge in [0.05, 0.1) is 0 Å². The summed E-state index contributed by atoms with van der Waals surface area (Å²) in [6, 6.07) is 7.86. The summed E-state index contributed by atoms with van der Waals surface area (Å²) < 4.78 is 1.89. The number of nitrogens with zero attached hydrogens (tertiary/aromatic N) is 6. The van der Waals surface area contributed by atoms with Gasteiger partial charge in [0.2, 0.25) is 11.9 Å². The maximum absolute atomic E-state index is 13.5. The van der Waals surface area contributed by atoms with Crippen LogP contribution in [0.3, 0.4) is 0 Å². The van der Waals surface area contributed by atoms with Crippen LogP contribution in [-0.2, 0) is 4.79 Å².